The number of ketones is 1. The molecule has 0 spiro atoms. The average molecular weight is 213 g/mol. The Balaban J connectivity index is 3.26. The lowest BCUT2D eigenvalue weighted by Crippen LogP contribution is -2.01. The molecule has 0 unspecified atom stereocenters. The van der Waals surface area contributed by atoms with Gasteiger partial charge in [0.2, 0.25) is 0 Å². The summed E-state index contributed by atoms with van der Waals surface area (Å²) in [4.78, 5) is 11.3. The quantitative estimate of drug-likeness (QED) is 0.719. The zero-order valence-corrected chi connectivity index (χ0v) is 9.31. The van der Waals surface area contributed by atoms with Crippen molar-refractivity contribution >= 4 is 17.4 Å². The first-order valence-electron chi connectivity index (χ1n) is 4.50. The van der Waals surface area contributed by atoms with E-state index in [1.54, 1.807) is 12.1 Å². The van der Waals surface area contributed by atoms with Crippen LogP contribution in [0.5, 0.6) is 5.75 Å². The van der Waals surface area contributed by atoms with E-state index in [-0.39, 0.29) is 5.78 Å². The van der Waals surface area contributed by atoms with Gasteiger partial charge in [-0.25, -0.2) is 0 Å². The number of Topliss-reactive ketones (excluding diaryl/α,β-unsaturated/α-hetero) is 1. The maximum absolute atomic E-state index is 11.3. The van der Waals surface area contributed by atoms with Gasteiger partial charge in [0.15, 0.2) is 5.78 Å². The highest BCUT2D eigenvalue weighted by molar-refractivity contribution is 6.34. The average Bonchev–Trinajstić information content (AvgIpc) is 2.10. The Morgan fingerprint density at radius 2 is 2.14 bits per heavy atom. The summed E-state index contributed by atoms with van der Waals surface area (Å²) in [5, 5.41) is 0.485. The highest BCUT2D eigenvalue weighted by atomic mass is 35.5. The van der Waals surface area contributed by atoms with Gasteiger partial charge in [-0.1, -0.05) is 11.6 Å². The summed E-state index contributed by atoms with van der Waals surface area (Å²) in [5.74, 6) is 0.691. The van der Waals surface area contributed by atoms with Crippen LogP contribution in [0, 0.1) is 6.92 Å². The van der Waals surface area contributed by atoms with E-state index in [4.69, 9.17) is 16.3 Å². The molecule has 0 atom stereocenters. The van der Waals surface area contributed by atoms with E-state index in [9.17, 15) is 4.79 Å². The molecule has 76 valence electrons. The Morgan fingerprint density at radius 1 is 1.50 bits per heavy atom. The zero-order chi connectivity index (χ0) is 10.7. The largest absolute Gasteiger partial charge is 0.494 e. The molecular formula is C11H13ClO2. The van der Waals surface area contributed by atoms with Crippen LogP contribution in [0.25, 0.3) is 0 Å². The van der Waals surface area contributed by atoms with E-state index in [0.717, 1.165) is 11.3 Å². The molecule has 3 heteroatoms. The topological polar surface area (TPSA) is 26.3 Å². The Bertz CT molecular complexity index is 359. The van der Waals surface area contributed by atoms with Gasteiger partial charge >= 0.3 is 0 Å². The SMILES string of the molecule is CCOc1ccc(Cl)c(C(C)=O)c1C. The molecule has 0 aliphatic carbocycles. The number of carbonyl (C=O) groups is 1. The fourth-order valence-electron chi connectivity index (χ4n) is 1.40. The normalized spacial score (nSPS) is 10.0. The lowest BCUT2D eigenvalue weighted by molar-refractivity contribution is 0.101. The Kier molecular flexibility index (Phi) is 3.53. The third kappa shape index (κ3) is 2.07. The van der Waals surface area contributed by atoms with Crippen LogP contribution in [0.2, 0.25) is 5.02 Å². The van der Waals surface area contributed by atoms with Crippen molar-refractivity contribution in [2.24, 2.45) is 0 Å². The smallest absolute Gasteiger partial charge is 0.161 e. The number of ether oxygens (including phenoxy) is 1. The van der Waals surface area contributed by atoms with Crippen LogP contribution in [0.3, 0.4) is 0 Å². The highest BCUT2D eigenvalue weighted by Gasteiger charge is 2.12. The van der Waals surface area contributed by atoms with Crippen molar-refractivity contribution in [1.82, 2.24) is 0 Å². The molecule has 0 heterocycles. The standard InChI is InChI=1S/C11H13ClO2/c1-4-14-10-6-5-9(12)11(7(10)2)8(3)13/h5-6H,4H2,1-3H3. The molecule has 0 amide bonds. The van der Waals surface area contributed by atoms with Gasteiger partial charge in [-0.05, 0) is 32.9 Å². The second-order valence-electron chi connectivity index (χ2n) is 3.03. The lowest BCUT2D eigenvalue weighted by atomic mass is 10.0. The Hall–Kier alpha value is -1.02. The molecule has 0 aliphatic heterocycles. The molecule has 14 heavy (non-hydrogen) atoms. The number of hydrogen-bond acceptors (Lipinski definition) is 2. The van der Waals surface area contributed by atoms with Gasteiger partial charge in [0, 0.05) is 11.1 Å². The van der Waals surface area contributed by atoms with Gasteiger partial charge < -0.3 is 4.74 Å². The van der Waals surface area contributed by atoms with Crippen molar-refractivity contribution < 1.29 is 9.53 Å². The van der Waals surface area contributed by atoms with Crippen LogP contribution in [-0.2, 0) is 0 Å². The molecule has 0 aromatic heterocycles. The minimum atomic E-state index is -0.0333. The van der Waals surface area contributed by atoms with E-state index < -0.39 is 0 Å². The number of benzene rings is 1. The van der Waals surface area contributed by atoms with Crippen molar-refractivity contribution in [2.75, 3.05) is 6.61 Å². The summed E-state index contributed by atoms with van der Waals surface area (Å²) in [6, 6.07) is 3.48. The number of carbonyl (C=O) groups excluding carboxylic acids is 1. The van der Waals surface area contributed by atoms with Gasteiger partial charge in [-0.15, -0.1) is 0 Å². The molecular weight excluding hydrogens is 200 g/mol. The third-order valence-electron chi connectivity index (χ3n) is 2.02. The second kappa shape index (κ2) is 4.47. The van der Waals surface area contributed by atoms with Crippen molar-refractivity contribution in [2.45, 2.75) is 20.8 Å². The van der Waals surface area contributed by atoms with Crippen LogP contribution >= 0.6 is 11.6 Å². The van der Waals surface area contributed by atoms with E-state index in [1.165, 1.54) is 6.92 Å². The third-order valence-corrected chi connectivity index (χ3v) is 2.33. The van der Waals surface area contributed by atoms with Gasteiger partial charge in [-0.2, -0.15) is 0 Å². The van der Waals surface area contributed by atoms with E-state index in [2.05, 4.69) is 0 Å². The second-order valence-corrected chi connectivity index (χ2v) is 3.44. The van der Waals surface area contributed by atoms with Crippen LogP contribution in [0.1, 0.15) is 29.8 Å². The maximum atomic E-state index is 11.3. The summed E-state index contributed by atoms with van der Waals surface area (Å²) < 4.78 is 5.37. The maximum Gasteiger partial charge on any atom is 0.161 e. The van der Waals surface area contributed by atoms with Crippen LogP contribution in [-0.4, -0.2) is 12.4 Å². The fraction of sp³-hybridized carbons (Fsp3) is 0.364. The molecule has 1 aromatic rings. The summed E-state index contributed by atoms with van der Waals surface area (Å²) >= 11 is 5.92. The van der Waals surface area contributed by atoms with Crippen LogP contribution in [0.4, 0.5) is 0 Å². The molecule has 0 saturated heterocycles. The van der Waals surface area contributed by atoms with Gasteiger partial charge in [0.05, 0.1) is 11.6 Å². The van der Waals surface area contributed by atoms with E-state index in [0.29, 0.717) is 17.2 Å². The summed E-state index contributed by atoms with van der Waals surface area (Å²) in [5.41, 5.74) is 1.37. The summed E-state index contributed by atoms with van der Waals surface area (Å²) in [7, 11) is 0. The van der Waals surface area contributed by atoms with Crippen molar-refractivity contribution in [3.8, 4) is 5.75 Å². The molecule has 1 aromatic carbocycles. The van der Waals surface area contributed by atoms with E-state index >= 15 is 0 Å². The van der Waals surface area contributed by atoms with Crippen molar-refractivity contribution in [3.63, 3.8) is 0 Å². The number of halogens is 1. The fourth-order valence-corrected chi connectivity index (χ4v) is 1.74. The molecule has 0 fully saturated rings. The van der Waals surface area contributed by atoms with Crippen LogP contribution < -0.4 is 4.74 Å². The van der Waals surface area contributed by atoms with Gasteiger partial charge in [-0.3, -0.25) is 4.79 Å². The molecule has 1 rings (SSSR count). The van der Waals surface area contributed by atoms with Gasteiger partial charge in [0.25, 0.3) is 0 Å². The molecule has 0 saturated carbocycles. The first-order valence-corrected chi connectivity index (χ1v) is 4.88. The van der Waals surface area contributed by atoms with E-state index in [1.807, 2.05) is 13.8 Å². The summed E-state index contributed by atoms with van der Waals surface area (Å²) in [6.07, 6.45) is 0. The monoisotopic (exact) mass is 212 g/mol. The zero-order valence-electron chi connectivity index (χ0n) is 8.56. The van der Waals surface area contributed by atoms with Crippen molar-refractivity contribution in [1.29, 1.82) is 0 Å². The number of rotatable bonds is 3. The molecule has 0 radical (unpaired) electrons. The summed E-state index contributed by atoms with van der Waals surface area (Å²) in [6.45, 7) is 5.83. The molecule has 2 nitrogen and oxygen atoms in total. The first kappa shape index (κ1) is 11.1. The minimum absolute atomic E-state index is 0.0333. The highest BCUT2D eigenvalue weighted by Crippen LogP contribution is 2.28. The predicted molar refractivity (Wildman–Crippen MR) is 57.4 cm³/mol. The molecule has 0 N–H and O–H groups in total. The van der Waals surface area contributed by atoms with Crippen molar-refractivity contribution in [3.05, 3.63) is 28.3 Å². The predicted octanol–water partition coefficient (Wildman–Crippen LogP) is 3.25. The molecule has 0 bridgehead atoms. The van der Waals surface area contributed by atoms with Gasteiger partial charge in [0.1, 0.15) is 5.75 Å². The number of hydrogen-bond donors (Lipinski definition) is 0. The Labute approximate surface area is 88.8 Å². The van der Waals surface area contributed by atoms with Crippen LogP contribution in [0.15, 0.2) is 12.1 Å². The Morgan fingerprint density at radius 3 is 2.64 bits per heavy atom. The first-order chi connectivity index (χ1) is 6.57. The lowest BCUT2D eigenvalue weighted by Gasteiger charge is -2.11. The minimum Gasteiger partial charge on any atom is -0.494 e. The molecule has 0 aliphatic rings.